The van der Waals surface area contributed by atoms with Gasteiger partial charge in [-0.2, -0.15) is 0 Å². The van der Waals surface area contributed by atoms with Crippen molar-refractivity contribution >= 4 is 39.7 Å². The molecule has 2 aromatic carbocycles. The van der Waals surface area contributed by atoms with Gasteiger partial charge in [0.05, 0.1) is 5.56 Å². The summed E-state index contributed by atoms with van der Waals surface area (Å²) in [5, 5.41) is 9.73. The van der Waals surface area contributed by atoms with Gasteiger partial charge < -0.3 is 21.7 Å². The predicted octanol–water partition coefficient (Wildman–Crippen LogP) is 4.24. The molecular weight excluding hydrogens is 460 g/mol. The van der Waals surface area contributed by atoms with Gasteiger partial charge in [-0.15, -0.1) is 0 Å². The zero-order chi connectivity index (χ0) is 24.5. The summed E-state index contributed by atoms with van der Waals surface area (Å²) in [6.45, 7) is 4.85. The van der Waals surface area contributed by atoms with Crippen molar-refractivity contribution in [3.8, 4) is 0 Å². The third-order valence-corrected chi connectivity index (χ3v) is 6.65. The number of hydrogen-bond donors (Lipinski definition) is 4. The van der Waals surface area contributed by atoms with Gasteiger partial charge in [0.25, 0.3) is 5.91 Å². The van der Waals surface area contributed by atoms with Crippen molar-refractivity contribution in [2.45, 2.75) is 38.3 Å². The third kappa shape index (κ3) is 5.23. The van der Waals surface area contributed by atoms with E-state index in [1.54, 1.807) is 24.3 Å². The van der Waals surface area contributed by atoms with E-state index in [2.05, 4.69) is 34.8 Å². The van der Waals surface area contributed by atoms with Gasteiger partial charge in [0.1, 0.15) is 22.3 Å². The van der Waals surface area contributed by atoms with Crippen LogP contribution in [0.2, 0.25) is 0 Å². The summed E-state index contributed by atoms with van der Waals surface area (Å²) in [4.78, 5) is 29.1. The van der Waals surface area contributed by atoms with Crippen molar-refractivity contribution in [1.82, 2.24) is 15.6 Å². The average molecular weight is 486 g/mol. The lowest BCUT2D eigenvalue weighted by Gasteiger charge is -2.20. The van der Waals surface area contributed by atoms with Gasteiger partial charge in [0, 0.05) is 29.4 Å². The molecule has 1 unspecified atom stereocenters. The Kier molecular flexibility index (Phi) is 6.63. The molecule has 1 aromatic heterocycles. The van der Waals surface area contributed by atoms with E-state index >= 15 is 0 Å². The Labute approximate surface area is 199 Å². The quantitative estimate of drug-likeness (QED) is 0.373. The lowest BCUT2D eigenvalue weighted by molar-refractivity contribution is 0.0949. The van der Waals surface area contributed by atoms with Crippen LogP contribution < -0.4 is 21.7 Å². The number of carbonyl (C=O) groups excluding carboxylic acids is 2. The van der Waals surface area contributed by atoms with E-state index < -0.39 is 23.0 Å². The number of nitrogens with zero attached hydrogens (tertiary/aromatic N) is 1. The van der Waals surface area contributed by atoms with Crippen molar-refractivity contribution in [3.63, 3.8) is 0 Å². The van der Waals surface area contributed by atoms with Gasteiger partial charge in [-0.1, -0.05) is 17.4 Å². The van der Waals surface area contributed by atoms with Gasteiger partial charge in [0.15, 0.2) is 5.13 Å². The van der Waals surface area contributed by atoms with E-state index in [1.165, 1.54) is 6.07 Å². The van der Waals surface area contributed by atoms with Crippen LogP contribution >= 0.6 is 11.3 Å². The molecule has 1 atom stereocenters. The van der Waals surface area contributed by atoms with Crippen LogP contribution in [-0.2, 0) is 0 Å². The fourth-order valence-corrected chi connectivity index (χ4v) is 4.76. The topological polar surface area (TPSA) is 109 Å². The van der Waals surface area contributed by atoms with Gasteiger partial charge in [-0.05, 0) is 63.1 Å². The molecule has 1 fully saturated rings. The zero-order valence-electron chi connectivity index (χ0n) is 18.7. The number of nitrogens with two attached hydrogens (primary N) is 1. The number of thiazole rings is 1. The highest BCUT2D eigenvalue weighted by Gasteiger charge is 2.29. The molecular formula is C24H25F2N5O2S. The lowest BCUT2D eigenvalue weighted by Crippen LogP contribution is -2.43. The largest absolute Gasteiger partial charge is 0.382 e. The molecule has 5 N–H and O–H groups in total. The van der Waals surface area contributed by atoms with Crippen LogP contribution in [0.3, 0.4) is 0 Å². The summed E-state index contributed by atoms with van der Waals surface area (Å²) in [5.41, 5.74) is 6.38. The number of carbonyl (C=O) groups is 2. The molecule has 1 amide bonds. The second kappa shape index (κ2) is 9.47. The van der Waals surface area contributed by atoms with E-state index in [1.807, 2.05) is 0 Å². The number of anilines is 3. The SMILES string of the molecule is CC1(C)CCC(CNC(=O)c2ccc(Nc3nc(N)c(C(=O)c4c(F)cccc4F)s3)cc2)N1. The highest BCUT2D eigenvalue weighted by Crippen LogP contribution is 2.31. The molecule has 4 rings (SSSR count). The molecule has 1 aliphatic rings. The molecule has 1 saturated heterocycles. The van der Waals surface area contributed by atoms with Crippen LogP contribution in [0.1, 0.15) is 52.3 Å². The highest BCUT2D eigenvalue weighted by molar-refractivity contribution is 7.18. The Morgan fingerprint density at radius 2 is 1.85 bits per heavy atom. The molecule has 178 valence electrons. The number of aromatic nitrogens is 1. The van der Waals surface area contributed by atoms with Crippen molar-refractivity contribution in [1.29, 1.82) is 0 Å². The molecule has 2 heterocycles. The smallest absolute Gasteiger partial charge is 0.251 e. The molecule has 0 bridgehead atoms. The second-order valence-corrected chi connectivity index (χ2v) is 9.83. The predicted molar refractivity (Wildman–Crippen MR) is 129 cm³/mol. The van der Waals surface area contributed by atoms with E-state index in [-0.39, 0.29) is 33.3 Å². The first kappa shape index (κ1) is 23.8. The number of nitrogen functional groups attached to an aromatic ring is 1. The molecule has 34 heavy (non-hydrogen) atoms. The number of amides is 1. The third-order valence-electron chi connectivity index (χ3n) is 5.67. The second-order valence-electron chi connectivity index (χ2n) is 8.84. The summed E-state index contributed by atoms with van der Waals surface area (Å²) < 4.78 is 28.0. The number of hydrogen-bond acceptors (Lipinski definition) is 7. The standard InChI is InChI=1S/C24H25F2N5O2S/c1-24(2)11-10-15(31-24)12-28-22(33)13-6-8-14(9-7-13)29-23-30-21(27)20(34-23)19(32)18-16(25)4-3-5-17(18)26/h3-9,15,31H,10-12,27H2,1-2H3,(H,28,33)(H,29,30). The normalized spacial score (nSPS) is 16.9. The Hall–Kier alpha value is -3.37. The van der Waals surface area contributed by atoms with Crippen LogP contribution in [0.5, 0.6) is 0 Å². The maximum atomic E-state index is 14.0. The van der Waals surface area contributed by atoms with Gasteiger partial charge >= 0.3 is 0 Å². The van der Waals surface area contributed by atoms with Crippen LogP contribution in [0.4, 0.5) is 25.4 Å². The minimum absolute atomic E-state index is 0.0637. The number of nitrogens with one attached hydrogen (secondary N) is 3. The van der Waals surface area contributed by atoms with Gasteiger partial charge in [0.2, 0.25) is 5.78 Å². The summed E-state index contributed by atoms with van der Waals surface area (Å²) >= 11 is 0.891. The van der Waals surface area contributed by atoms with E-state index in [0.29, 0.717) is 17.8 Å². The van der Waals surface area contributed by atoms with Crippen LogP contribution in [-0.4, -0.2) is 34.8 Å². The van der Waals surface area contributed by atoms with Gasteiger partial charge in [-0.25, -0.2) is 13.8 Å². The van der Waals surface area contributed by atoms with Crippen LogP contribution in [0, 0.1) is 11.6 Å². The number of benzene rings is 2. The summed E-state index contributed by atoms with van der Waals surface area (Å²) in [7, 11) is 0. The monoisotopic (exact) mass is 485 g/mol. The first-order chi connectivity index (χ1) is 16.1. The lowest BCUT2D eigenvalue weighted by atomic mass is 10.0. The van der Waals surface area contributed by atoms with E-state index in [9.17, 15) is 18.4 Å². The Morgan fingerprint density at radius 3 is 2.47 bits per heavy atom. The van der Waals surface area contributed by atoms with E-state index in [4.69, 9.17) is 5.73 Å². The Morgan fingerprint density at radius 1 is 1.18 bits per heavy atom. The number of rotatable bonds is 7. The Balaban J connectivity index is 1.39. The fourth-order valence-electron chi connectivity index (χ4n) is 3.91. The maximum absolute atomic E-state index is 14.0. The minimum Gasteiger partial charge on any atom is -0.382 e. The van der Waals surface area contributed by atoms with Crippen molar-refractivity contribution < 1.29 is 18.4 Å². The molecule has 10 heteroatoms. The molecule has 0 spiro atoms. The minimum atomic E-state index is -0.964. The Bertz CT molecular complexity index is 1210. The zero-order valence-corrected chi connectivity index (χ0v) is 19.6. The average Bonchev–Trinajstić information content (AvgIpc) is 3.33. The molecule has 7 nitrogen and oxygen atoms in total. The number of halogens is 2. The molecule has 0 aliphatic carbocycles. The molecule has 0 radical (unpaired) electrons. The van der Waals surface area contributed by atoms with Crippen molar-refractivity contribution in [3.05, 3.63) is 70.1 Å². The molecule has 0 saturated carbocycles. The molecule has 3 aromatic rings. The van der Waals surface area contributed by atoms with Crippen molar-refractivity contribution in [2.75, 3.05) is 17.6 Å². The summed E-state index contributed by atoms with van der Waals surface area (Å²) in [6.07, 6.45) is 2.08. The first-order valence-corrected chi connectivity index (χ1v) is 11.6. The summed E-state index contributed by atoms with van der Waals surface area (Å²) in [6, 6.07) is 10.2. The first-order valence-electron chi connectivity index (χ1n) is 10.8. The van der Waals surface area contributed by atoms with Gasteiger partial charge in [-0.3, -0.25) is 9.59 Å². The molecule has 1 aliphatic heterocycles. The highest BCUT2D eigenvalue weighted by atomic mass is 32.1. The van der Waals surface area contributed by atoms with Crippen LogP contribution in [0.25, 0.3) is 0 Å². The summed E-state index contributed by atoms with van der Waals surface area (Å²) in [5.74, 6) is -3.09. The number of ketones is 1. The van der Waals surface area contributed by atoms with Crippen LogP contribution in [0.15, 0.2) is 42.5 Å². The van der Waals surface area contributed by atoms with E-state index in [0.717, 1.165) is 36.3 Å². The maximum Gasteiger partial charge on any atom is 0.251 e. The fraction of sp³-hybridized carbons (Fsp3) is 0.292. The van der Waals surface area contributed by atoms with Crippen molar-refractivity contribution in [2.24, 2.45) is 0 Å².